The van der Waals surface area contributed by atoms with Crippen LogP contribution in [0.3, 0.4) is 0 Å². The number of aryl methyl sites for hydroxylation is 1. The minimum absolute atomic E-state index is 0.0486. The van der Waals surface area contributed by atoms with Gasteiger partial charge < -0.3 is 10.1 Å². The second-order valence-electron chi connectivity index (χ2n) is 6.34. The van der Waals surface area contributed by atoms with Crippen LogP contribution < -0.4 is 10.1 Å². The van der Waals surface area contributed by atoms with E-state index in [2.05, 4.69) is 22.2 Å². The van der Waals surface area contributed by atoms with Crippen LogP contribution in [0.4, 0.5) is 10.1 Å². The molecule has 1 N–H and O–H groups in total. The van der Waals surface area contributed by atoms with Crippen molar-refractivity contribution in [3.8, 4) is 5.75 Å². The van der Waals surface area contributed by atoms with Crippen LogP contribution in [0.2, 0.25) is 0 Å². The standard InChI is InChI=1S/C22H22FN3O2/c1-3-4-5-6-13-28-19-11-7-9-17(20(19)23)26-22(27)21-15(2)14-18-16(25-21)10-8-12-24-18/h5-12,14H,3-4,13H2,1-2H3,(H,26,27). The number of anilines is 1. The number of hydrogen-bond acceptors (Lipinski definition) is 4. The molecule has 0 aliphatic carbocycles. The van der Waals surface area contributed by atoms with Gasteiger partial charge >= 0.3 is 0 Å². The molecule has 0 spiro atoms. The summed E-state index contributed by atoms with van der Waals surface area (Å²) >= 11 is 0. The Bertz CT molecular complexity index is 1020. The molecule has 0 aliphatic heterocycles. The molecule has 1 aromatic carbocycles. The summed E-state index contributed by atoms with van der Waals surface area (Å²) in [4.78, 5) is 21.2. The van der Waals surface area contributed by atoms with E-state index in [4.69, 9.17) is 4.74 Å². The summed E-state index contributed by atoms with van der Waals surface area (Å²) in [7, 11) is 0. The van der Waals surface area contributed by atoms with Crippen LogP contribution in [0.1, 0.15) is 35.8 Å². The molecule has 5 nitrogen and oxygen atoms in total. The molecule has 0 aliphatic rings. The van der Waals surface area contributed by atoms with E-state index < -0.39 is 11.7 Å². The van der Waals surface area contributed by atoms with Gasteiger partial charge in [0.25, 0.3) is 5.91 Å². The highest BCUT2D eigenvalue weighted by atomic mass is 19.1. The van der Waals surface area contributed by atoms with Gasteiger partial charge in [-0.15, -0.1) is 0 Å². The number of pyridine rings is 2. The highest BCUT2D eigenvalue weighted by Crippen LogP contribution is 2.25. The van der Waals surface area contributed by atoms with E-state index in [9.17, 15) is 9.18 Å². The summed E-state index contributed by atoms with van der Waals surface area (Å²) in [6.45, 7) is 4.13. The third-order valence-electron chi connectivity index (χ3n) is 4.16. The van der Waals surface area contributed by atoms with Gasteiger partial charge in [-0.25, -0.2) is 9.37 Å². The fourth-order valence-electron chi connectivity index (χ4n) is 2.72. The zero-order valence-corrected chi connectivity index (χ0v) is 15.9. The second kappa shape index (κ2) is 9.08. The van der Waals surface area contributed by atoms with E-state index in [1.54, 1.807) is 37.4 Å². The molecule has 1 amide bonds. The molecule has 0 saturated heterocycles. The van der Waals surface area contributed by atoms with Gasteiger partial charge in [-0.3, -0.25) is 9.78 Å². The largest absolute Gasteiger partial charge is 0.486 e. The molecule has 0 atom stereocenters. The number of nitrogens with zero attached hydrogens (tertiary/aromatic N) is 2. The van der Waals surface area contributed by atoms with Crippen LogP contribution in [-0.2, 0) is 0 Å². The van der Waals surface area contributed by atoms with Crippen LogP contribution >= 0.6 is 0 Å². The Balaban J connectivity index is 1.77. The van der Waals surface area contributed by atoms with E-state index in [0.29, 0.717) is 16.6 Å². The number of hydrogen-bond donors (Lipinski definition) is 1. The number of rotatable bonds is 7. The van der Waals surface area contributed by atoms with Crippen molar-refractivity contribution in [1.82, 2.24) is 9.97 Å². The number of halogens is 1. The Kier molecular flexibility index (Phi) is 6.32. The predicted molar refractivity (Wildman–Crippen MR) is 108 cm³/mol. The average Bonchev–Trinajstić information content (AvgIpc) is 2.69. The first kappa shape index (κ1) is 19.5. The summed E-state index contributed by atoms with van der Waals surface area (Å²) in [6.07, 6.45) is 7.51. The summed E-state index contributed by atoms with van der Waals surface area (Å²) in [5.74, 6) is -1.01. The first-order chi connectivity index (χ1) is 13.6. The maximum Gasteiger partial charge on any atom is 0.274 e. The van der Waals surface area contributed by atoms with Crippen molar-refractivity contribution in [2.45, 2.75) is 26.7 Å². The van der Waals surface area contributed by atoms with Gasteiger partial charge in [0.05, 0.1) is 16.7 Å². The number of amides is 1. The van der Waals surface area contributed by atoms with E-state index in [1.165, 1.54) is 12.1 Å². The zero-order valence-electron chi connectivity index (χ0n) is 15.9. The van der Waals surface area contributed by atoms with Crippen molar-refractivity contribution in [3.05, 3.63) is 71.8 Å². The summed E-state index contributed by atoms with van der Waals surface area (Å²) in [5, 5.41) is 2.59. The minimum Gasteiger partial charge on any atom is -0.486 e. The van der Waals surface area contributed by atoms with E-state index in [0.717, 1.165) is 12.8 Å². The van der Waals surface area contributed by atoms with Crippen LogP contribution in [-0.4, -0.2) is 22.5 Å². The monoisotopic (exact) mass is 379 g/mol. The smallest absolute Gasteiger partial charge is 0.274 e. The Morgan fingerprint density at radius 1 is 1.21 bits per heavy atom. The molecule has 3 rings (SSSR count). The predicted octanol–water partition coefficient (Wildman–Crippen LogP) is 5.06. The lowest BCUT2D eigenvalue weighted by Crippen LogP contribution is -2.16. The lowest BCUT2D eigenvalue weighted by Gasteiger charge is -2.11. The van der Waals surface area contributed by atoms with Gasteiger partial charge in [0.2, 0.25) is 0 Å². The van der Waals surface area contributed by atoms with Gasteiger partial charge in [0, 0.05) is 6.20 Å². The molecule has 2 aromatic heterocycles. The average molecular weight is 379 g/mol. The van der Waals surface area contributed by atoms with Crippen molar-refractivity contribution in [2.75, 3.05) is 11.9 Å². The van der Waals surface area contributed by atoms with Crippen LogP contribution in [0.15, 0.2) is 54.7 Å². The Hall–Kier alpha value is -3.28. The number of carbonyl (C=O) groups is 1. The highest BCUT2D eigenvalue weighted by molar-refractivity contribution is 6.05. The minimum atomic E-state index is -0.611. The molecule has 0 radical (unpaired) electrons. The summed E-state index contributed by atoms with van der Waals surface area (Å²) in [5.41, 5.74) is 2.25. The molecule has 2 heterocycles. The lowest BCUT2D eigenvalue weighted by atomic mass is 10.1. The van der Waals surface area contributed by atoms with Crippen LogP contribution in [0, 0.1) is 12.7 Å². The molecule has 0 saturated carbocycles. The summed E-state index contributed by atoms with van der Waals surface area (Å²) < 4.78 is 20.1. The Morgan fingerprint density at radius 3 is 2.89 bits per heavy atom. The number of fused-ring (bicyclic) bond motifs is 1. The van der Waals surface area contributed by atoms with Crippen molar-refractivity contribution in [1.29, 1.82) is 0 Å². The van der Waals surface area contributed by atoms with Crippen molar-refractivity contribution < 1.29 is 13.9 Å². The summed E-state index contributed by atoms with van der Waals surface area (Å²) in [6, 6.07) is 9.97. The molecular weight excluding hydrogens is 357 g/mol. The second-order valence-corrected chi connectivity index (χ2v) is 6.34. The first-order valence-electron chi connectivity index (χ1n) is 9.20. The molecule has 0 fully saturated rings. The van der Waals surface area contributed by atoms with Gasteiger partial charge in [0.1, 0.15) is 12.3 Å². The van der Waals surface area contributed by atoms with Crippen LogP contribution in [0.5, 0.6) is 5.75 Å². The van der Waals surface area contributed by atoms with Gasteiger partial charge in [-0.05, 0) is 49.2 Å². The SMILES string of the molecule is CCCC=CCOc1cccc(NC(=O)c2nc3cccnc3cc2C)c1F. The Morgan fingerprint density at radius 2 is 2.07 bits per heavy atom. The molecule has 0 bridgehead atoms. The van der Waals surface area contributed by atoms with Gasteiger partial charge in [0.15, 0.2) is 11.6 Å². The number of nitrogens with one attached hydrogen (secondary N) is 1. The molecular formula is C22H22FN3O2. The number of unbranched alkanes of at least 4 members (excludes halogenated alkanes) is 1. The number of benzene rings is 1. The fourth-order valence-corrected chi connectivity index (χ4v) is 2.72. The molecule has 0 unspecified atom stereocenters. The van der Waals surface area contributed by atoms with Crippen LogP contribution in [0.25, 0.3) is 11.0 Å². The topological polar surface area (TPSA) is 64.1 Å². The highest BCUT2D eigenvalue weighted by Gasteiger charge is 2.16. The number of allylic oxidation sites excluding steroid dienone is 1. The quantitative estimate of drug-likeness (QED) is 0.583. The van der Waals surface area contributed by atoms with E-state index in [1.807, 2.05) is 12.2 Å². The molecule has 28 heavy (non-hydrogen) atoms. The van der Waals surface area contributed by atoms with E-state index in [-0.39, 0.29) is 23.7 Å². The van der Waals surface area contributed by atoms with E-state index >= 15 is 0 Å². The number of aromatic nitrogens is 2. The third kappa shape index (κ3) is 4.52. The molecule has 3 aromatic rings. The lowest BCUT2D eigenvalue weighted by molar-refractivity contribution is 0.102. The van der Waals surface area contributed by atoms with Crippen molar-refractivity contribution >= 4 is 22.6 Å². The fraction of sp³-hybridized carbons (Fsp3) is 0.227. The number of ether oxygens (including phenoxy) is 1. The van der Waals surface area contributed by atoms with Crippen molar-refractivity contribution in [3.63, 3.8) is 0 Å². The maximum absolute atomic E-state index is 14.7. The zero-order chi connectivity index (χ0) is 19.9. The van der Waals surface area contributed by atoms with Gasteiger partial charge in [-0.2, -0.15) is 0 Å². The normalized spacial score (nSPS) is 11.1. The van der Waals surface area contributed by atoms with Crippen molar-refractivity contribution in [2.24, 2.45) is 0 Å². The number of carbonyl (C=O) groups excluding carboxylic acids is 1. The van der Waals surface area contributed by atoms with Gasteiger partial charge in [-0.1, -0.05) is 31.6 Å². The first-order valence-corrected chi connectivity index (χ1v) is 9.20. The molecule has 144 valence electrons. The molecule has 6 heteroatoms. The Labute approximate surface area is 163 Å². The maximum atomic E-state index is 14.7. The third-order valence-corrected chi connectivity index (χ3v) is 4.16.